The monoisotopic (exact) mass is 668 g/mol. The summed E-state index contributed by atoms with van der Waals surface area (Å²) >= 11 is 0.869. The second-order valence-corrected chi connectivity index (χ2v) is 12.6. The van der Waals surface area contributed by atoms with Crippen LogP contribution in [0.3, 0.4) is 0 Å². The summed E-state index contributed by atoms with van der Waals surface area (Å²) in [6, 6.07) is 24.8. The van der Waals surface area contributed by atoms with Crippen molar-refractivity contribution in [3.8, 4) is 56.4 Å². The largest absolute Gasteiger partial charge is 0.456 e. The zero-order valence-electron chi connectivity index (χ0n) is 36.9. The molecule has 0 N–H and O–H groups in total. The third kappa shape index (κ3) is 4.87. The molecule has 7 aromatic carbocycles. The van der Waals surface area contributed by atoms with Crippen LogP contribution in [0.4, 0.5) is 0 Å². The van der Waals surface area contributed by atoms with Gasteiger partial charge in [0.25, 0.3) is 0 Å². The number of nitrogens with zero attached hydrogens (tertiary/aromatic N) is 3. The van der Waals surface area contributed by atoms with Crippen LogP contribution in [0.2, 0.25) is 0 Å². The van der Waals surface area contributed by atoms with E-state index in [1.807, 2.05) is 97.1 Å². The van der Waals surface area contributed by atoms with Crippen molar-refractivity contribution >= 4 is 53.4 Å². The molecule has 0 saturated heterocycles. The molecule has 234 valence electrons. The number of rotatable bonds is 5. The predicted molar refractivity (Wildman–Crippen MR) is 207 cm³/mol. The summed E-state index contributed by atoms with van der Waals surface area (Å²) in [6.07, 6.45) is 0. The highest BCUT2D eigenvalue weighted by Gasteiger charge is 2.17. The molecule has 0 aliphatic rings. The predicted octanol–water partition coefficient (Wildman–Crippen LogP) is 12.5. The van der Waals surface area contributed by atoms with Gasteiger partial charge < -0.3 is 4.42 Å². The Morgan fingerprint density at radius 2 is 1.14 bits per heavy atom. The molecule has 0 aliphatic heterocycles. The fourth-order valence-corrected chi connectivity index (χ4v) is 7.15. The maximum Gasteiger partial charge on any atom is 0.164 e. The smallest absolute Gasteiger partial charge is 0.164 e. The summed E-state index contributed by atoms with van der Waals surface area (Å²) in [5.41, 5.74) is 3.63. The molecule has 3 aromatic heterocycles. The Morgan fingerprint density at radius 1 is 0.460 bits per heavy atom. The molecule has 0 radical (unpaired) electrons. The molecule has 0 saturated carbocycles. The van der Waals surface area contributed by atoms with Crippen LogP contribution in [-0.4, -0.2) is 15.0 Å². The van der Waals surface area contributed by atoms with Gasteiger partial charge in [0.1, 0.15) is 11.2 Å². The number of hydrogen-bond donors (Lipinski definition) is 0. The molecule has 0 unspecified atom stereocenters. The molecule has 0 bridgehead atoms. The minimum atomic E-state index is -0.658. The van der Waals surface area contributed by atoms with Crippen LogP contribution < -0.4 is 0 Å². The third-order valence-corrected chi connectivity index (χ3v) is 9.59. The number of para-hydroxylation sites is 1. The van der Waals surface area contributed by atoms with Crippen molar-refractivity contribution in [2.75, 3.05) is 0 Å². The van der Waals surface area contributed by atoms with E-state index in [4.69, 9.17) is 30.3 Å². The van der Waals surface area contributed by atoms with E-state index in [2.05, 4.69) is 0 Å². The van der Waals surface area contributed by atoms with Gasteiger partial charge in [0.2, 0.25) is 0 Å². The van der Waals surface area contributed by atoms with Crippen LogP contribution in [0, 0.1) is 0 Å². The third-order valence-electron chi connectivity index (χ3n) is 8.57. The van der Waals surface area contributed by atoms with Gasteiger partial charge in [-0.1, -0.05) is 121 Å². The molecule has 0 aliphatic carbocycles. The van der Waals surface area contributed by atoms with Crippen LogP contribution in [-0.2, 0) is 0 Å². The fourth-order valence-electron chi connectivity index (χ4n) is 6.18. The topological polar surface area (TPSA) is 51.8 Å². The molecule has 5 heteroatoms. The lowest BCUT2D eigenvalue weighted by Gasteiger charge is -2.10. The first-order valence-electron chi connectivity index (χ1n) is 21.2. The minimum Gasteiger partial charge on any atom is -0.456 e. The van der Waals surface area contributed by atoms with Crippen molar-refractivity contribution in [3.63, 3.8) is 0 Å². The zero-order valence-corrected chi connectivity index (χ0v) is 26.7. The zero-order chi connectivity index (χ0) is 42.6. The van der Waals surface area contributed by atoms with Crippen molar-refractivity contribution in [2.24, 2.45) is 0 Å². The van der Waals surface area contributed by atoms with Gasteiger partial charge >= 0.3 is 0 Å². The standard InChI is InChI=1S/C45H27N3OS/c1-3-10-28(11-4-1)29-18-20-31(21-19-29)43-46-44(48-45(47-43)33-22-24-36-35-14-7-8-16-38(35)49-39(36)27-33)32-23-25-40-37(26-32)42-34(15-9-17-41(42)50-40)30-12-5-2-6-13-30/h1-27H/i2D,5D,6D,9D,12D,13D,15D,17D,23D,25D,26D. The van der Waals surface area contributed by atoms with Crippen LogP contribution >= 0.6 is 11.3 Å². The van der Waals surface area contributed by atoms with Gasteiger partial charge in [-0.3, -0.25) is 0 Å². The molecule has 50 heavy (non-hydrogen) atoms. The minimum absolute atomic E-state index is 0.000710. The lowest BCUT2D eigenvalue weighted by atomic mass is 9.99. The highest BCUT2D eigenvalue weighted by Crippen LogP contribution is 2.41. The maximum atomic E-state index is 9.76. The number of hydrogen-bond acceptors (Lipinski definition) is 5. The first kappa shape index (κ1) is 19.5. The molecule has 3 heterocycles. The number of thiophene rings is 1. The second kappa shape index (κ2) is 11.6. The number of benzene rings is 7. The number of fused-ring (bicyclic) bond motifs is 6. The quantitative estimate of drug-likeness (QED) is 0.183. The molecule has 0 amide bonds. The average molecular weight is 669 g/mol. The average Bonchev–Trinajstić information content (AvgIpc) is 3.87. The van der Waals surface area contributed by atoms with E-state index >= 15 is 0 Å². The Labute approximate surface area is 307 Å². The molecule has 0 spiro atoms. The fraction of sp³-hybridized carbons (Fsp3) is 0. The molecule has 0 atom stereocenters. The highest BCUT2D eigenvalue weighted by molar-refractivity contribution is 7.26. The van der Waals surface area contributed by atoms with Gasteiger partial charge in [0.05, 0.1) is 15.1 Å². The maximum absolute atomic E-state index is 9.76. The van der Waals surface area contributed by atoms with Crippen molar-refractivity contribution in [3.05, 3.63) is 164 Å². The normalized spacial score (nSPS) is 14.7. The molecule has 4 nitrogen and oxygen atoms in total. The molecule has 0 fully saturated rings. The van der Waals surface area contributed by atoms with Crippen LogP contribution in [0.25, 0.3) is 98.5 Å². The van der Waals surface area contributed by atoms with E-state index < -0.39 is 54.4 Å². The van der Waals surface area contributed by atoms with E-state index in [1.54, 1.807) is 0 Å². The van der Waals surface area contributed by atoms with Crippen molar-refractivity contribution < 1.29 is 19.5 Å². The summed E-state index contributed by atoms with van der Waals surface area (Å²) in [5.74, 6) is 0.293. The number of aromatic nitrogens is 3. The lowest BCUT2D eigenvalue weighted by Crippen LogP contribution is -2.00. The highest BCUT2D eigenvalue weighted by atomic mass is 32.1. The second-order valence-electron chi connectivity index (χ2n) is 11.6. The Bertz CT molecular complexity index is 3470. The van der Waals surface area contributed by atoms with E-state index in [-0.39, 0.29) is 66.4 Å². The SMILES string of the molecule is [2H]c1c([2H])c([2H])c(-c2c([2H])c([2H])c([2H])c3sc4c([2H])c([2H])c(-c5nc(-c6ccc(-c7ccccc7)cc6)nc(-c6ccc7c(c6)oc6ccccc67)n5)c([2H])c4c23)c([2H])c1[2H]. The van der Waals surface area contributed by atoms with Gasteiger partial charge in [-0.05, 0) is 64.6 Å². The van der Waals surface area contributed by atoms with Gasteiger partial charge in [-0.15, -0.1) is 11.3 Å². The molecular weight excluding hydrogens is 631 g/mol. The Hall–Kier alpha value is -6.43. The van der Waals surface area contributed by atoms with Gasteiger partial charge in [0, 0.05) is 47.6 Å². The first-order valence-corrected chi connectivity index (χ1v) is 16.5. The summed E-state index contributed by atoms with van der Waals surface area (Å²) in [7, 11) is 0. The Balaban J connectivity index is 1.26. The van der Waals surface area contributed by atoms with E-state index in [0.717, 1.165) is 33.2 Å². The Kier molecular flexibility index (Phi) is 4.54. The van der Waals surface area contributed by atoms with Gasteiger partial charge in [0.15, 0.2) is 17.5 Å². The van der Waals surface area contributed by atoms with Crippen molar-refractivity contribution in [1.82, 2.24) is 15.0 Å². The van der Waals surface area contributed by atoms with Crippen molar-refractivity contribution in [1.29, 1.82) is 0 Å². The van der Waals surface area contributed by atoms with Crippen LogP contribution in [0.15, 0.2) is 168 Å². The van der Waals surface area contributed by atoms with Crippen LogP contribution in [0.1, 0.15) is 15.1 Å². The lowest BCUT2D eigenvalue weighted by molar-refractivity contribution is 0.669. The summed E-state index contributed by atoms with van der Waals surface area (Å²) < 4.78 is 104. The summed E-state index contributed by atoms with van der Waals surface area (Å²) in [6.45, 7) is 0. The van der Waals surface area contributed by atoms with E-state index in [9.17, 15) is 4.11 Å². The summed E-state index contributed by atoms with van der Waals surface area (Å²) in [5, 5.41) is 1.81. The van der Waals surface area contributed by atoms with E-state index in [1.165, 1.54) is 0 Å². The number of furan rings is 1. The molecule has 10 aromatic rings. The van der Waals surface area contributed by atoms with Crippen LogP contribution in [0.5, 0.6) is 0 Å². The molecule has 10 rings (SSSR count). The Morgan fingerprint density at radius 3 is 1.98 bits per heavy atom. The van der Waals surface area contributed by atoms with Crippen molar-refractivity contribution in [2.45, 2.75) is 0 Å². The summed E-state index contributed by atoms with van der Waals surface area (Å²) in [4.78, 5) is 14.5. The van der Waals surface area contributed by atoms with E-state index in [0.29, 0.717) is 22.3 Å². The van der Waals surface area contributed by atoms with Gasteiger partial charge in [-0.2, -0.15) is 0 Å². The molecular formula is C45H27N3OS. The van der Waals surface area contributed by atoms with Gasteiger partial charge in [-0.25, -0.2) is 15.0 Å². The first-order chi connectivity index (χ1) is 29.3.